The Bertz CT molecular complexity index is 1360. The van der Waals surface area contributed by atoms with Crippen molar-refractivity contribution in [2.75, 3.05) is 0 Å². The van der Waals surface area contributed by atoms with E-state index in [0.717, 1.165) is 56.5 Å². The second-order valence-corrected chi connectivity index (χ2v) is 7.82. The lowest BCUT2D eigenvalue weighted by Crippen LogP contribution is -1.97. The smallest absolute Gasteiger partial charge is 0.110 e. The van der Waals surface area contributed by atoms with E-state index in [-0.39, 0.29) is 0 Å². The molecule has 0 spiro atoms. The van der Waals surface area contributed by atoms with Crippen LogP contribution in [0.4, 0.5) is 0 Å². The van der Waals surface area contributed by atoms with Gasteiger partial charge in [-0.05, 0) is 28.8 Å². The molecule has 3 heteroatoms. The van der Waals surface area contributed by atoms with E-state index < -0.39 is 0 Å². The molecule has 3 aromatic carbocycles. The van der Waals surface area contributed by atoms with Crippen molar-refractivity contribution in [2.24, 2.45) is 5.73 Å². The van der Waals surface area contributed by atoms with Gasteiger partial charge in [0.2, 0.25) is 0 Å². The summed E-state index contributed by atoms with van der Waals surface area (Å²) < 4.78 is 0. The first-order valence-electron chi connectivity index (χ1n) is 10.8. The van der Waals surface area contributed by atoms with E-state index in [1.807, 2.05) is 18.3 Å². The molecule has 0 saturated heterocycles. The lowest BCUT2D eigenvalue weighted by Gasteiger charge is -2.14. The number of fused-ring (bicyclic) bond motifs is 1. The molecular formula is C29H24N3+. The third-order valence-corrected chi connectivity index (χ3v) is 5.81. The second kappa shape index (κ2) is 8.66. The summed E-state index contributed by atoms with van der Waals surface area (Å²) in [5.74, 6) is 0. The quantitative estimate of drug-likeness (QED) is 0.336. The summed E-state index contributed by atoms with van der Waals surface area (Å²) in [4.78, 5) is 9.84. The van der Waals surface area contributed by atoms with E-state index >= 15 is 0 Å². The van der Waals surface area contributed by atoms with Gasteiger partial charge >= 0.3 is 0 Å². The highest BCUT2D eigenvalue weighted by Gasteiger charge is 2.15. The Kier molecular flexibility index (Phi) is 5.40. The highest BCUT2D eigenvalue weighted by atomic mass is 14.7. The molecule has 2 N–H and O–H groups in total. The third-order valence-electron chi connectivity index (χ3n) is 5.81. The molecule has 5 aromatic rings. The normalized spacial score (nSPS) is 11.0. The molecule has 154 valence electrons. The van der Waals surface area contributed by atoms with E-state index in [1.165, 1.54) is 5.56 Å². The lowest BCUT2D eigenvalue weighted by molar-refractivity contribution is 1.07. The van der Waals surface area contributed by atoms with Crippen LogP contribution in [0.25, 0.3) is 44.5 Å². The van der Waals surface area contributed by atoms with Gasteiger partial charge in [-0.2, -0.15) is 0 Å². The molecule has 0 unspecified atom stereocenters. The minimum atomic E-state index is 0.527. The molecule has 0 atom stereocenters. The first-order valence-corrected chi connectivity index (χ1v) is 10.8. The van der Waals surface area contributed by atoms with E-state index in [2.05, 4.69) is 85.8 Å². The number of rotatable bonds is 5. The van der Waals surface area contributed by atoms with E-state index in [4.69, 9.17) is 15.7 Å². The van der Waals surface area contributed by atoms with Crippen LogP contribution in [0.3, 0.4) is 0 Å². The van der Waals surface area contributed by atoms with Gasteiger partial charge in [0, 0.05) is 34.8 Å². The monoisotopic (exact) mass is 414 g/mol. The number of nitrogens with two attached hydrogens (primary N) is 1. The van der Waals surface area contributed by atoms with Crippen LogP contribution in [-0.4, -0.2) is 9.97 Å². The second-order valence-electron chi connectivity index (χ2n) is 7.82. The number of nitrogens with zero attached hydrogens (tertiary/aromatic N) is 2. The Morgan fingerprint density at radius 3 is 2.00 bits per heavy atom. The molecule has 0 aliphatic rings. The van der Waals surface area contributed by atoms with Crippen LogP contribution in [0, 0.1) is 6.92 Å². The highest BCUT2D eigenvalue weighted by molar-refractivity contribution is 5.98. The van der Waals surface area contributed by atoms with Gasteiger partial charge in [0.15, 0.2) is 0 Å². The van der Waals surface area contributed by atoms with Gasteiger partial charge in [-0.3, -0.25) is 4.98 Å². The van der Waals surface area contributed by atoms with Crippen LogP contribution in [0.15, 0.2) is 97.2 Å². The number of hydrogen-bond donors (Lipinski definition) is 1. The number of aromatic nitrogens is 2. The first-order chi connectivity index (χ1) is 15.8. The van der Waals surface area contributed by atoms with Gasteiger partial charge in [0.05, 0.1) is 23.8 Å². The Hall–Kier alpha value is -3.95. The number of hydrogen-bond acceptors (Lipinski definition) is 3. The maximum Gasteiger partial charge on any atom is 0.110 e. The Morgan fingerprint density at radius 1 is 0.688 bits per heavy atom. The van der Waals surface area contributed by atoms with Gasteiger partial charge in [-0.25, -0.2) is 4.98 Å². The minimum Gasteiger partial charge on any atom is -0.326 e. The SMILES string of the molecule is [CH2+]Cc1ccc(-c2nccc3nc(-c4ccc(CN)cc4)c(-c4ccccc4)cc23)cc1. The van der Waals surface area contributed by atoms with Crippen molar-refractivity contribution in [1.82, 2.24) is 9.97 Å². The van der Waals surface area contributed by atoms with Gasteiger partial charge < -0.3 is 5.73 Å². The lowest BCUT2D eigenvalue weighted by atomic mass is 9.95. The Balaban J connectivity index is 1.75. The van der Waals surface area contributed by atoms with Crippen molar-refractivity contribution in [3.63, 3.8) is 0 Å². The molecule has 3 nitrogen and oxygen atoms in total. The van der Waals surface area contributed by atoms with E-state index in [9.17, 15) is 0 Å². The molecule has 0 aliphatic heterocycles. The molecule has 2 aromatic heterocycles. The van der Waals surface area contributed by atoms with Crippen molar-refractivity contribution in [3.8, 4) is 33.6 Å². The predicted molar refractivity (Wildman–Crippen MR) is 133 cm³/mol. The summed E-state index contributed by atoms with van der Waals surface area (Å²) in [6.45, 7) is 4.50. The largest absolute Gasteiger partial charge is 0.326 e. The van der Waals surface area contributed by atoms with Crippen LogP contribution in [0.1, 0.15) is 11.1 Å². The number of benzene rings is 3. The summed E-state index contributed by atoms with van der Waals surface area (Å²) >= 11 is 0. The van der Waals surface area contributed by atoms with E-state index in [0.29, 0.717) is 6.54 Å². The van der Waals surface area contributed by atoms with E-state index in [1.54, 1.807) is 0 Å². The molecule has 0 bridgehead atoms. The Labute approximate surface area is 188 Å². The average molecular weight is 415 g/mol. The molecule has 0 aliphatic carbocycles. The fourth-order valence-electron chi connectivity index (χ4n) is 4.01. The van der Waals surface area contributed by atoms with Crippen LogP contribution in [0.5, 0.6) is 0 Å². The fraction of sp³-hybridized carbons (Fsp3) is 0.0690. The maximum absolute atomic E-state index is 5.80. The van der Waals surface area contributed by atoms with Crippen molar-refractivity contribution in [3.05, 3.63) is 115 Å². The van der Waals surface area contributed by atoms with Crippen LogP contribution in [0.2, 0.25) is 0 Å². The van der Waals surface area contributed by atoms with Gasteiger partial charge in [0.1, 0.15) is 6.42 Å². The summed E-state index contributed by atoms with van der Waals surface area (Å²) in [6.07, 6.45) is 2.61. The standard InChI is InChI=1S/C29H24N3/c1-2-20-8-12-23(13-9-20)28-26-18-25(22-6-4-3-5-7-22)29(32-27(26)16-17-31-28)24-14-10-21(19-30)11-15-24/h3-18H,1-2,19,30H2/q+1. The number of pyridine rings is 2. The van der Waals surface area contributed by atoms with Crippen molar-refractivity contribution in [2.45, 2.75) is 13.0 Å². The van der Waals surface area contributed by atoms with Gasteiger partial charge in [-0.15, -0.1) is 0 Å². The molecule has 5 rings (SSSR count). The van der Waals surface area contributed by atoms with Crippen molar-refractivity contribution in [1.29, 1.82) is 0 Å². The van der Waals surface area contributed by atoms with Crippen LogP contribution in [-0.2, 0) is 13.0 Å². The van der Waals surface area contributed by atoms with Crippen molar-refractivity contribution < 1.29 is 0 Å². The van der Waals surface area contributed by atoms with Crippen LogP contribution < -0.4 is 5.73 Å². The van der Waals surface area contributed by atoms with Crippen molar-refractivity contribution >= 4 is 10.9 Å². The average Bonchev–Trinajstić information content (AvgIpc) is 2.88. The predicted octanol–water partition coefficient (Wildman–Crippen LogP) is 6.47. The molecule has 32 heavy (non-hydrogen) atoms. The fourth-order valence-corrected chi connectivity index (χ4v) is 4.01. The Morgan fingerprint density at radius 2 is 1.34 bits per heavy atom. The zero-order chi connectivity index (χ0) is 21.9. The zero-order valence-corrected chi connectivity index (χ0v) is 17.8. The minimum absolute atomic E-state index is 0.527. The van der Waals surface area contributed by atoms with Crippen LogP contribution >= 0.6 is 0 Å². The molecule has 2 heterocycles. The zero-order valence-electron chi connectivity index (χ0n) is 17.8. The third kappa shape index (κ3) is 3.75. The first kappa shape index (κ1) is 20.0. The van der Waals surface area contributed by atoms with Gasteiger partial charge in [0.25, 0.3) is 0 Å². The summed E-state index contributed by atoms with van der Waals surface area (Å²) in [5, 5.41) is 1.04. The topological polar surface area (TPSA) is 51.8 Å². The summed E-state index contributed by atoms with van der Waals surface area (Å²) in [6, 6.07) is 31.4. The highest BCUT2D eigenvalue weighted by Crippen LogP contribution is 2.36. The molecule has 0 fully saturated rings. The molecule has 0 radical (unpaired) electrons. The van der Waals surface area contributed by atoms with Gasteiger partial charge in [-0.1, -0.05) is 78.9 Å². The summed E-state index contributed by atoms with van der Waals surface area (Å²) in [7, 11) is 0. The molecule has 0 saturated carbocycles. The summed E-state index contributed by atoms with van der Waals surface area (Å²) in [5.41, 5.74) is 15.3. The molecule has 0 amide bonds. The molecular weight excluding hydrogens is 390 g/mol. The maximum atomic E-state index is 5.80.